The van der Waals surface area contributed by atoms with Gasteiger partial charge in [-0.25, -0.2) is 10.4 Å². The van der Waals surface area contributed by atoms with Crippen molar-refractivity contribution in [2.75, 3.05) is 54.0 Å². The molecule has 22 heteroatoms. The highest BCUT2D eigenvalue weighted by molar-refractivity contribution is 7.60. The molecule has 1 aromatic carbocycles. The molecule has 76 heavy (non-hydrogen) atoms. The Labute approximate surface area is 488 Å². The van der Waals surface area contributed by atoms with Crippen LogP contribution in [0.15, 0.2) is 41.9 Å². The van der Waals surface area contributed by atoms with Gasteiger partial charge in [0.25, 0.3) is 11.8 Å². The molecular formula is C54H81N9O7S6. The lowest BCUT2D eigenvalue weighted by Crippen LogP contribution is -2.62. The van der Waals surface area contributed by atoms with Crippen LogP contribution in [0.3, 0.4) is 0 Å². The maximum atomic E-state index is 14.8. The van der Waals surface area contributed by atoms with Gasteiger partial charge >= 0.3 is 5.97 Å². The largest absolute Gasteiger partial charge is 0.464 e. The number of aryl methyl sites for hydroxylation is 1. The van der Waals surface area contributed by atoms with Crippen molar-refractivity contribution in [3.63, 3.8) is 0 Å². The summed E-state index contributed by atoms with van der Waals surface area (Å²) in [6.45, 7) is 18.1. The minimum absolute atomic E-state index is 0. The molecule has 5 atom stereocenters. The third-order valence-corrected chi connectivity index (χ3v) is 16.0. The van der Waals surface area contributed by atoms with E-state index >= 15 is 0 Å². The molecule has 2 N–H and O–H groups in total. The van der Waals surface area contributed by atoms with Crippen LogP contribution in [0.25, 0.3) is 33.4 Å². The van der Waals surface area contributed by atoms with E-state index in [1.54, 1.807) is 23.1 Å². The Bertz CT molecular complexity index is 2790. The van der Waals surface area contributed by atoms with E-state index in [1.807, 2.05) is 65.1 Å². The maximum absolute atomic E-state index is 14.8. The highest BCUT2D eigenvalue weighted by Crippen LogP contribution is 2.44. The highest BCUT2D eigenvalue weighted by atomic mass is 32.1. The number of aromatic nitrogens is 3. The van der Waals surface area contributed by atoms with Crippen LogP contribution in [0.2, 0.25) is 0 Å². The Morgan fingerprint density at radius 2 is 1.75 bits per heavy atom. The van der Waals surface area contributed by atoms with Crippen molar-refractivity contribution < 1.29 is 33.4 Å². The Kier molecular flexibility index (Phi) is 23.4. The minimum Gasteiger partial charge on any atom is -0.464 e. The topological polar surface area (TPSA) is 172 Å². The number of methoxy groups -OCH3 is 1. The summed E-state index contributed by atoms with van der Waals surface area (Å²) in [5.74, 6) is 3.76. The number of carbonyl (C=O) groups is 5. The molecule has 420 valence electrons. The molecule has 0 aliphatic carbocycles. The molecule has 4 amide bonds. The molecule has 1 spiro atoms. The Balaban J connectivity index is 0.00000304. The number of benzene rings is 1. The fraction of sp³-hybridized carbons (Fsp3) is 0.574. The van der Waals surface area contributed by atoms with Crippen LogP contribution in [0.4, 0.5) is 0 Å². The van der Waals surface area contributed by atoms with Gasteiger partial charge in [-0.2, -0.15) is 67.5 Å². The van der Waals surface area contributed by atoms with Crippen LogP contribution in [0, 0.1) is 28.6 Å². The zero-order valence-corrected chi connectivity index (χ0v) is 51.6. The number of esters is 1. The summed E-state index contributed by atoms with van der Waals surface area (Å²) in [5.41, 5.74) is 7.96. The van der Waals surface area contributed by atoms with Crippen molar-refractivity contribution in [2.45, 2.75) is 130 Å². The monoisotopic (exact) mass is 1160 g/mol. The number of pyridine rings is 1. The summed E-state index contributed by atoms with van der Waals surface area (Å²) in [4.78, 5) is 86.5. The fourth-order valence-corrected chi connectivity index (χ4v) is 11.4. The van der Waals surface area contributed by atoms with Crippen molar-refractivity contribution in [1.29, 1.82) is 0 Å². The van der Waals surface area contributed by atoms with E-state index in [1.165, 1.54) is 16.3 Å². The van der Waals surface area contributed by atoms with E-state index in [0.717, 1.165) is 44.7 Å². The summed E-state index contributed by atoms with van der Waals surface area (Å²) in [6.07, 6.45) is 4.16. The molecule has 3 aromatic heterocycles. The quantitative estimate of drug-likeness (QED) is 0.137. The number of nitrogens with zero attached hydrogens (tertiary/aromatic N) is 7. The second-order valence-corrected chi connectivity index (χ2v) is 22.6. The van der Waals surface area contributed by atoms with E-state index in [0.29, 0.717) is 63.3 Å². The first-order chi connectivity index (χ1) is 33.7. The lowest BCUT2D eigenvalue weighted by molar-refractivity contribution is -0.155. The van der Waals surface area contributed by atoms with E-state index in [4.69, 9.17) is 19.4 Å². The Morgan fingerprint density at radius 3 is 2.42 bits per heavy atom. The summed E-state index contributed by atoms with van der Waals surface area (Å²) in [6, 6.07) is 7.67. The van der Waals surface area contributed by atoms with E-state index in [2.05, 4.69) is 72.2 Å². The SMILES string of the molecule is CCn1c(-c2cccnc2[C@H](C)OC)c2c3cc(ccc31)-c1csc(n1)C[C@H](NC(=O)[C@H](C(C)C)N1CC[C@]3(CCN(C(=O)C#CC(C)(C)N(C)C)C3)C1=O)C(=O)N1CCC[C@H](N1)C(=O)OCC(C)(C)C2.S.S.S.S.S. The molecule has 3 fully saturated rings. The first-order valence-electron chi connectivity index (χ1n) is 25.1. The van der Waals surface area contributed by atoms with E-state index in [9.17, 15) is 24.0 Å². The summed E-state index contributed by atoms with van der Waals surface area (Å²) < 4.78 is 14.3. The molecule has 16 nitrogen and oxygen atoms in total. The van der Waals surface area contributed by atoms with Crippen molar-refractivity contribution in [1.82, 2.24) is 45.0 Å². The number of amides is 4. The highest BCUT2D eigenvalue weighted by Gasteiger charge is 2.54. The lowest BCUT2D eigenvalue weighted by Gasteiger charge is -2.36. The molecule has 0 unspecified atom stereocenters. The molecule has 6 bridgehead atoms. The third kappa shape index (κ3) is 13.6. The van der Waals surface area contributed by atoms with Gasteiger partial charge in [0, 0.05) is 85.3 Å². The Morgan fingerprint density at radius 1 is 1.04 bits per heavy atom. The molecule has 4 aromatic rings. The number of likely N-dealkylation sites (tertiary alicyclic amines) is 2. The summed E-state index contributed by atoms with van der Waals surface area (Å²) in [5, 5.41) is 8.19. The predicted octanol–water partition coefficient (Wildman–Crippen LogP) is 6.59. The van der Waals surface area contributed by atoms with Crippen LogP contribution in [0.1, 0.15) is 103 Å². The van der Waals surface area contributed by atoms with Crippen molar-refractivity contribution in [2.24, 2.45) is 16.7 Å². The maximum Gasteiger partial charge on any atom is 0.324 e. The van der Waals surface area contributed by atoms with Crippen LogP contribution in [-0.2, 0) is 52.8 Å². The van der Waals surface area contributed by atoms with Crippen LogP contribution in [-0.4, -0.2) is 141 Å². The molecule has 7 heterocycles. The smallest absolute Gasteiger partial charge is 0.324 e. The van der Waals surface area contributed by atoms with Gasteiger partial charge in [0.1, 0.15) is 18.1 Å². The average molecular weight is 1160 g/mol. The number of nitrogens with one attached hydrogen (secondary N) is 2. The second kappa shape index (κ2) is 26.8. The van der Waals surface area contributed by atoms with Gasteiger partial charge in [-0.3, -0.25) is 38.9 Å². The number of cyclic esters (lactones) is 1. The van der Waals surface area contributed by atoms with Gasteiger partial charge < -0.3 is 29.2 Å². The molecule has 4 aliphatic rings. The second-order valence-electron chi connectivity index (χ2n) is 21.7. The average Bonchev–Trinajstić information content (AvgIpc) is 4.14. The molecule has 4 aliphatic heterocycles. The van der Waals surface area contributed by atoms with E-state index < -0.39 is 52.3 Å². The zero-order chi connectivity index (χ0) is 51.2. The van der Waals surface area contributed by atoms with Crippen LogP contribution < -0.4 is 10.7 Å². The first-order valence-corrected chi connectivity index (χ1v) is 26.0. The van der Waals surface area contributed by atoms with Crippen LogP contribution in [0.5, 0.6) is 0 Å². The number of thiazole rings is 1. The van der Waals surface area contributed by atoms with Gasteiger partial charge in [0.05, 0.1) is 45.8 Å². The number of hydrogen-bond acceptors (Lipinski definition) is 12. The summed E-state index contributed by atoms with van der Waals surface area (Å²) in [7, 11) is 5.50. The van der Waals surface area contributed by atoms with E-state index in [-0.39, 0.29) is 111 Å². The molecular weight excluding hydrogens is 1080 g/mol. The van der Waals surface area contributed by atoms with Gasteiger partial charge in [-0.1, -0.05) is 39.7 Å². The lowest BCUT2D eigenvalue weighted by atomic mass is 9.84. The normalized spacial score (nSPS) is 21.2. The van der Waals surface area contributed by atoms with Crippen molar-refractivity contribution in [3.8, 4) is 34.4 Å². The summed E-state index contributed by atoms with van der Waals surface area (Å²) >= 11 is 1.41. The zero-order valence-electron chi connectivity index (χ0n) is 45.8. The number of carbonyl (C=O) groups excluding carboxylic acids is 5. The van der Waals surface area contributed by atoms with Gasteiger partial charge in [-0.05, 0) is 116 Å². The van der Waals surface area contributed by atoms with Gasteiger partial charge in [0.15, 0.2) is 0 Å². The van der Waals surface area contributed by atoms with Gasteiger partial charge in [0.2, 0.25) is 11.8 Å². The van der Waals surface area contributed by atoms with Crippen LogP contribution >= 0.6 is 78.8 Å². The number of hydrogen-bond donors (Lipinski definition) is 2. The third-order valence-electron chi connectivity index (χ3n) is 15.2. The molecule has 0 radical (unpaired) electrons. The molecule has 3 saturated heterocycles. The molecule has 0 saturated carbocycles. The minimum atomic E-state index is -1.09. The van der Waals surface area contributed by atoms with Crippen molar-refractivity contribution >= 4 is 119 Å². The van der Waals surface area contributed by atoms with Crippen molar-refractivity contribution in [3.05, 3.63) is 58.2 Å². The predicted molar refractivity (Wildman–Crippen MR) is 325 cm³/mol. The number of ether oxygens (including phenoxy) is 2. The first kappa shape index (κ1) is 66.4. The standard InChI is InChI=1S/C54H71N9O7S.5H2S/c1-12-61-42-18-17-35-27-37(42)38(47(61)36-15-13-23-55-45(36)34(4)69-11)29-52(5,6)32-70-50(67)39-16-14-24-63(58-39)49(66)40(28-43-56-41(35)30-71-43)57-48(65)46(33(2)3)62-26-22-54(51(62)68)21-25-60(31-54)44(64)19-20-53(7,8)59(9)10;;;;;/h13,15,17-18,23,27,30,33-34,39-40,46,58H,12,14,16,21-22,24-26,28-29,31-32H2,1-11H3,(H,57,65);5*1H2/t34-,39-,40-,46-,54-;;;;;/m0...../s1. The molecule has 8 rings (SSSR count). The number of hydrazine groups is 1. The number of fused-ring (bicyclic) bond motifs is 6. The number of rotatable bonds is 9. The fourth-order valence-electron chi connectivity index (χ4n) is 10.6. The van der Waals surface area contributed by atoms with Gasteiger partial charge in [-0.15, -0.1) is 11.3 Å². The Hall–Kier alpha value is -3.92.